The van der Waals surface area contributed by atoms with Crippen LogP contribution in [0.4, 0.5) is 5.82 Å². The molecule has 0 saturated heterocycles. The average Bonchev–Trinajstić information content (AvgIpc) is 2.78. The number of nitrogens with zero attached hydrogens (tertiary/aromatic N) is 2. The molecule has 0 aliphatic heterocycles. The van der Waals surface area contributed by atoms with E-state index < -0.39 is 0 Å². The summed E-state index contributed by atoms with van der Waals surface area (Å²) in [4.78, 5) is 0. The molecule has 2 aromatic heterocycles. The third kappa shape index (κ3) is 1.44. The van der Waals surface area contributed by atoms with Gasteiger partial charge >= 0.3 is 0 Å². The highest BCUT2D eigenvalue weighted by atomic mass is 32.1. The van der Waals surface area contributed by atoms with Crippen molar-refractivity contribution in [1.29, 1.82) is 0 Å². The lowest BCUT2D eigenvalue weighted by Crippen LogP contribution is -1.93. The van der Waals surface area contributed by atoms with Crippen LogP contribution >= 0.6 is 11.3 Å². The van der Waals surface area contributed by atoms with Gasteiger partial charge < -0.3 is 5.73 Å². The van der Waals surface area contributed by atoms with Gasteiger partial charge in [0, 0.05) is 10.3 Å². The lowest BCUT2D eigenvalue weighted by Gasteiger charge is -2.01. The van der Waals surface area contributed by atoms with Crippen molar-refractivity contribution in [2.24, 2.45) is 0 Å². The zero-order chi connectivity index (χ0) is 11.0. The van der Waals surface area contributed by atoms with E-state index in [4.69, 9.17) is 5.73 Å². The molecule has 4 heteroatoms. The number of aromatic nitrogens is 2. The number of hydrogen-bond donors (Lipinski definition) is 1. The fraction of sp³-hybridized carbons (Fsp3) is 0. The Kier molecular flexibility index (Phi) is 2.08. The SMILES string of the molecule is Nc1ccc(-c2cccc3ccsc23)nn1. The Morgan fingerprint density at radius 2 is 1.94 bits per heavy atom. The summed E-state index contributed by atoms with van der Waals surface area (Å²) in [7, 11) is 0. The molecule has 0 unspecified atom stereocenters. The molecule has 3 nitrogen and oxygen atoms in total. The topological polar surface area (TPSA) is 51.8 Å². The second kappa shape index (κ2) is 3.57. The summed E-state index contributed by atoms with van der Waals surface area (Å²) in [6.07, 6.45) is 0. The van der Waals surface area contributed by atoms with E-state index >= 15 is 0 Å². The van der Waals surface area contributed by atoms with Crippen LogP contribution in [0, 0.1) is 0 Å². The molecule has 2 heterocycles. The first-order valence-electron chi connectivity index (χ1n) is 4.90. The first-order valence-corrected chi connectivity index (χ1v) is 5.78. The molecule has 0 aliphatic carbocycles. The number of nitrogens with two attached hydrogens (primary N) is 1. The van der Waals surface area contributed by atoms with E-state index in [2.05, 4.69) is 33.8 Å². The van der Waals surface area contributed by atoms with Gasteiger partial charge in [-0.1, -0.05) is 18.2 Å². The Labute approximate surface area is 96.6 Å². The maximum Gasteiger partial charge on any atom is 0.146 e. The summed E-state index contributed by atoms with van der Waals surface area (Å²) in [5, 5.41) is 11.3. The van der Waals surface area contributed by atoms with Crippen molar-refractivity contribution in [3.05, 3.63) is 41.8 Å². The minimum atomic E-state index is 0.446. The van der Waals surface area contributed by atoms with Crippen molar-refractivity contribution in [2.45, 2.75) is 0 Å². The second-order valence-corrected chi connectivity index (χ2v) is 4.40. The van der Waals surface area contributed by atoms with Gasteiger partial charge in [0.05, 0.1) is 5.69 Å². The van der Waals surface area contributed by atoms with E-state index in [1.54, 1.807) is 17.4 Å². The predicted molar refractivity (Wildman–Crippen MR) is 67.3 cm³/mol. The quantitative estimate of drug-likeness (QED) is 0.695. The molecule has 78 valence electrons. The molecule has 2 N–H and O–H groups in total. The minimum Gasteiger partial charge on any atom is -0.382 e. The van der Waals surface area contributed by atoms with Crippen LogP contribution in [0.1, 0.15) is 0 Å². The molecule has 3 rings (SSSR count). The van der Waals surface area contributed by atoms with Gasteiger partial charge in [-0.2, -0.15) is 0 Å². The molecular weight excluding hydrogens is 218 g/mol. The molecule has 0 radical (unpaired) electrons. The molecular formula is C12H9N3S. The average molecular weight is 227 g/mol. The summed E-state index contributed by atoms with van der Waals surface area (Å²) in [5.74, 6) is 0.446. The van der Waals surface area contributed by atoms with E-state index in [0.717, 1.165) is 11.3 Å². The molecule has 0 atom stereocenters. The highest BCUT2D eigenvalue weighted by Crippen LogP contribution is 2.31. The Hall–Kier alpha value is -1.94. The summed E-state index contributed by atoms with van der Waals surface area (Å²) in [6.45, 7) is 0. The van der Waals surface area contributed by atoms with Crippen LogP contribution in [-0.2, 0) is 0 Å². The fourth-order valence-corrected chi connectivity index (χ4v) is 2.60. The summed E-state index contributed by atoms with van der Waals surface area (Å²) in [6, 6.07) is 12.0. The predicted octanol–water partition coefficient (Wildman–Crippen LogP) is 2.94. The Balaban J connectivity index is 2.25. The Bertz CT molecular complexity index is 628. The van der Waals surface area contributed by atoms with Gasteiger partial charge in [0.25, 0.3) is 0 Å². The number of nitrogen functional groups attached to an aromatic ring is 1. The van der Waals surface area contributed by atoms with Crippen molar-refractivity contribution in [2.75, 3.05) is 5.73 Å². The largest absolute Gasteiger partial charge is 0.382 e. The first-order chi connectivity index (χ1) is 7.84. The standard InChI is InChI=1S/C12H9N3S/c13-11-5-4-10(14-15-11)9-3-1-2-8-6-7-16-12(8)9/h1-7H,(H2,13,15). The van der Waals surface area contributed by atoms with Crippen LogP contribution < -0.4 is 5.73 Å². The van der Waals surface area contributed by atoms with E-state index in [0.29, 0.717) is 5.82 Å². The van der Waals surface area contributed by atoms with Crippen LogP contribution in [0.3, 0.4) is 0 Å². The minimum absolute atomic E-state index is 0.446. The lowest BCUT2D eigenvalue weighted by molar-refractivity contribution is 1.05. The molecule has 0 bridgehead atoms. The number of rotatable bonds is 1. The van der Waals surface area contributed by atoms with Crippen LogP contribution in [0.2, 0.25) is 0 Å². The van der Waals surface area contributed by atoms with Gasteiger partial charge in [-0.15, -0.1) is 21.5 Å². The van der Waals surface area contributed by atoms with E-state index in [-0.39, 0.29) is 0 Å². The number of fused-ring (bicyclic) bond motifs is 1. The molecule has 0 aliphatic rings. The van der Waals surface area contributed by atoms with Crippen molar-refractivity contribution in [3.8, 4) is 11.3 Å². The molecule has 0 amide bonds. The van der Waals surface area contributed by atoms with Crippen LogP contribution in [0.15, 0.2) is 41.8 Å². The summed E-state index contributed by atoms with van der Waals surface area (Å²) < 4.78 is 1.24. The fourth-order valence-electron chi connectivity index (χ4n) is 1.68. The monoisotopic (exact) mass is 227 g/mol. The lowest BCUT2D eigenvalue weighted by atomic mass is 10.1. The molecule has 16 heavy (non-hydrogen) atoms. The van der Waals surface area contributed by atoms with Gasteiger partial charge in [0.15, 0.2) is 0 Å². The van der Waals surface area contributed by atoms with Crippen molar-refractivity contribution in [3.63, 3.8) is 0 Å². The van der Waals surface area contributed by atoms with Gasteiger partial charge in [0.2, 0.25) is 0 Å². The van der Waals surface area contributed by atoms with Crippen LogP contribution in [0.25, 0.3) is 21.3 Å². The highest BCUT2D eigenvalue weighted by Gasteiger charge is 2.05. The number of thiophene rings is 1. The van der Waals surface area contributed by atoms with E-state index in [1.165, 1.54) is 10.1 Å². The van der Waals surface area contributed by atoms with Gasteiger partial charge in [0.1, 0.15) is 5.82 Å². The normalized spacial score (nSPS) is 10.8. The van der Waals surface area contributed by atoms with Crippen molar-refractivity contribution in [1.82, 2.24) is 10.2 Å². The number of benzene rings is 1. The number of hydrogen-bond acceptors (Lipinski definition) is 4. The third-order valence-corrected chi connectivity index (χ3v) is 3.40. The summed E-state index contributed by atoms with van der Waals surface area (Å²) >= 11 is 1.71. The van der Waals surface area contributed by atoms with Crippen molar-refractivity contribution < 1.29 is 0 Å². The van der Waals surface area contributed by atoms with Crippen LogP contribution in [-0.4, -0.2) is 10.2 Å². The number of anilines is 1. The molecule has 3 aromatic rings. The molecule has 1 aromatic carbocycles. The second-order valence-electron chi connectivity index (χ2n) is 3.49. The van der Waals surface area contributed by atoms with Gasteiger partial charge in [-0.3, -0.25) is 0 Å². The zero-order valence-corrected chi connectivity index (χ0v) is 9.24. The smallest absolute Gasteiger partial charge is 0.146 e. The Morgan fingerprint density at radius 1 is 1.00 bits per heavy atom. The molecule has 0 fully saturated rings. The molecule has 0 spiro atoms. The van der Waals surface area contributed by atoms with E-state index in [9.17, 15) is 0 Å². The first kappa shape index (κ1) is 9.30. The highest BCUT2D eigenvalue weighted by molar-refractivity contribution is 7.17. The maximum atomic E-state index is 5.53. The maximum absolute atomic E-state index is 5.53. The van der Waals surface area contributed by atoms with Gasteiger partial charge in [-0.25, -0.2) is 0 Å². The van der Waals surface area contributed by atoms with Crippen LogP contribution in [0.5, 0.6) is 0 Å². The summed E-state index contributed by atoms with van der Waals surface area (Å²) in [5.41, 5.74) is 7.50. The third-order valence-electron chi connectivity index (χ3n) is 2.44. The van der Waals surface area contributed by atoms with E-state index in [1.807, 2.05) is 12.1 Å². The zero-order valence-electron chi connectivity index (χ0n) is 8.42. The Morgan fingerprint density at radius 3 is 2.75 bits per heavy atom. The van der Waals surface area contributed by atoms with Crippen molar-refractivity contribution >= 4 is 27.2 Å². The van der Waals surface area contributed by atoms with Gasteiger partial charge in [-0.05, 0) is 29.0 Å². The molecule has 0 saturated carbocycles.